The minimum Gasteiger partial charge on any atom is -0.491 e. The minimum absolute atomic E-state index is 0.00739. The van der Waals surface area contributed by atoms with Crippen molar-refractivity contribution in [3.8, 4) is 5.75 Å². The van der Waals surface area contributed by atoms with Crippen LogP contribution in [0.15, 0.2) is 24.3 Å². The molecule has 7 nitrogen and oxygen atoms in total. The van der Waals surface area contributed by atoms with Crippen LogP contribution in [0.4, 0.5) is 5.69 Å². The van der Waals surface area contributed by atoms with E-state index in [0.717, 1.165) is 5.56 Å². The van der Waals surface area contributed by atoms with Gasteiger partial charge in [0.1, 0.15) is 29.8 Å². The van der Waals surface area contributed by atoms with Crippen molar-refractivity contribution in [3.63, 3.8) is 0 Å². The molecule has 0 aliphatic carbocycles. The van der Waals surface area contributed by atoms with E-state index in [-0.39, 0.29) is 18.8 Å². The van der Waals surface area contributed by atoms with Gasteiger partial charge in [0.05, 0.1) is 11.5 Å². The van der Waals surface area contributed by atoms with Crippen LogP contribution in [0.2, 0.25) is 0 Å². The molecule has 1 aromatic carbocycles. The third-order valence-electron chi connectivity index (χ3n) is 3.43. The lowest BCUT2D eigenvalue weighted by atomic mass is 10.2. The van der Waals surface area contributed by atoms with Gasteiger partial charge in [-0.2, -0.15) is 5.10 Å². The van der Waals surface area contributed by atoms with Gasteiger partial charge in [-0.05, 0) is 32.4 Å². The highest BCUT2D eigenvalue weighted by atomic mass is 16.6. The van der Waals surface area contributed by atoms with Crippen molar-refractivity contribution >= 4 is 5.69 Å². The van der Waals surface area contributed by atoms with Crippen LogP contribution < -0.4 is 4.74 Å². The van der Waals surface area contributed by atoms with Crippen molar-refractivity contribution in [2.45, 2.75) is 33.4 Å². The van der Waals surface area contributed by atoms with Crippen molar-refractivity contribution in [3.05, 3.63) is 51.3 Å². The number of aliphatic hydroxyl groups excluding tert-OH is 1. The van der Waals surface area contributed by atoms with Gasteiger partial charge in [0.25, 0.3) is 0 Å². The summed E-state index contributed by atoms with van der Waals surface area (Å²) in [5.41, 5.74) is 1.75. The second-order valence-electron chi connectivity index (χ2n) is 5.19. The average Bonchev–Trinajstić information content (AvgIpc) is 2.72. The predicted molar refractivity (Wildman–Crippen MR) is 81.0 cm³/mol. The molecule has 0 spiro atoms. The Morgan fingerprint density at radius 3 is 2.64 bits per heavy atom. The van der Waals surface area contributed by atoms with Crippen molar-refractivity contribution in [2.75, 3.05) is 6.61 Å². The number of nitrogens with zero attached hydrogens (tertiary/aromatic N) is 3. The molecule has 0 radical (unpaired) electrons. The summed E-state index contributed by atoms with van der Waals surface area (Å²) in [5.74, 6) is 0.709. The number of aryl methyl sites for hydroxylation is 2. The Labute approximate surface area is 128 Å². The third-order valence-corrected chi connectivity index (χ3v) is 3.43. The monoisotopic (exact) mass is 305 g/mol. The lowest BCUT2D eigenvalue weighted by Crippen LogP contribution is -2.25. The number of aliphatic hydroxyl groups is 1. The van der Waals surface area contributed by atoms with Gasteiger partial charge in [-0.25, -0.2) is 0 Å². The molecular formula is C15H19N3O4. The fourth-order valence-electron chi connectivity index (χ4n) is 2.29. The fourth-order valence-corrected chi connectivity index (χ4v) is 2.29. The van der Waals surface area contributed by atoms with Gasteiger partial charge in [-0.3, -0.25) is 14.8 Å². The molecule has 7 heteroatoms. The Bertz CT molecular complexity index is 681. The molecule has 0 fully saturated rings. The summed E-state index contributed by atoms with van der Waals surface area (Å²) >= 11 is 0. The van der Waals surface area contributed by atoms with E-state index < -0.39 is 11.0 Å². The van der Waals surface area contributed by atoms with Crippen LogP contribution in [0.1, 0.15) is 17.0 Å². The van der Waals surface area contributed by atoms with Crippen LogP contribution >= 0.6 is 0 Å². The first-order valence-electron chi connectivity index (χ1n) is 6.95. The number of benzene rings is 1. The molecule has 2 rings (SSSR count). The van der Waals surface area contributed by atoms with E-state index in [0.29, 0.717) is 17.1 Å². The first kappa shape index (κ1) is 16.0. The molecule has 1 aromatic heterocycles. The van der Waals surface area contributed by atoms with Gasteiger partial charge >= 0.3 is 5.69 Å². The van der Waals surface area contributed by atoms with Crippen LogP contribution in [0.5, 0.6) is 5.75 Å². The van der Waals surface area contributed by atoms with Gasteiger partial charge in [0.15, 0.2) is 0 Å². The molecule has 0 aliphatic heterocycles. The molecule has 0 saturated carbocycles. The highest BCUT2D eigenvalue weighted by Gasteiger charge is 2.22. The van der Waals surface area contributed by atoms with Crippen molar-refractivity contribution in [2.24, 2.45) is 0 Å². The molecule has 0 amide bonds. The van der Waals surface area contributed by atoms with Crippen molar-refractivity contribution in [1.82, 2.24) is 9.78 Å². The van der Waals surface area contributed by atoms with Crippen LogP contribution in [0.3, 0.4) is 0 Å². The second-order valence-corrected chi connectivity index (χ2v) is 5.19. The summed E-state index contributed by atoms with van der Waals surface area (Å²) in [4.78, 5) is 10.5. The van der Waals surface area contributed by atoms with Crippen LogP contribution in [0, 0.1) is 30.9 Å². The molecule has 1 atom stereocenters. The normalized spacial score (nSPS) is 12.2. The van der Waals surface area contributed by atoms with Crippen LogP contribution in [0.25, 0.3) is 0 Å². The summed E-state index contributed by atoms with van der Waals surface area (Å²) < 4.78 is 7.01. The molecule has 2 aromatic rings. The van der Waals surface area contributed by atoms with Gasteiger partial charge in [-0.15, -0.1) is 0 Å². The Morgan fingerprint density at radius 1 is 1.36 bits per heavy atom. The first-order valence-corrected chi connectivity index (χ1v) is 6.95. The number of hydrogen-bond acceptors (Lipinski definition) is 5. The molecule has 1 N–H and O–H groups in total. The number of hydrogen-bond donors (Lipinski definition) is 1. The summed E-state index contributed by atoms with van der Waals surface area (Å²) in [6.45, 7) is 5.36. The van der Waals surface area contributed by atoms with Crippen molar-refractivity contribution in [1.29, 1.82) is 0 Å². The standard InChI is InChI=1S/C15H19N3O4/c1-10-6-4-5-7-14(10)22-9-13(19)8-17-12(3)15(18(20)21)11(2)16-17/h4-7,13,19H,8-9H2,1-3H3. The lowest BCUT2D eigenvalue weighted by molar-refractivity contribution is -0.386. The highest BCUT2D eigenvalue weighted by Crippen LogP contribution is 2.22. The van der Waals surface area contributed by atoms with Gasteiger partial charge in [0.2, 0.25) is 0 Å². The summed E-state index contributed by atoms with van der Waals surface area (Å²) in [6.07, 6.45) is -0.808. The Kier molecular flexibility index (Phi) is 4.77. The second kappa shape index (κ2) is 6.57. The molecule has 0 bridgehead atoms. The summed E-state index contributed by atoms with van der Waals surface area (Å²) in [5, 5.41) is 25.1. The molecule has 0 aliphatic rings. The Morgan fingerprint density at radius 2 is 2.05 bits per heavy atom. The third kappa shape index (κ3) is 3.43. The van der Waals surface area contributed by atoms with Crippen LogP contribution in [-0.4, -0.2) is 32.5 Å². The highest BCUT2D eigenvalue weighted by molar-refractivity contribution is 5.39. The largest absolute Gasteiger partial charge is 0.491 e. The number of ether oxygens (including phenoxy) is 1. The molecule has 1 unspecified atom stereocenters. The first-order chi connectivity index (χ1) is 10.4. The number of para-hydroxylation sites is 1. The zero-order chi connectivity index (χ0) is 16.3. The maximum atomic E-state index is 11.0. The SMILES string of the molecule is Cc1ccccc1OCC(O)Cn1nc(C)c([N+](=O)[O-])c1C. The van der Waals surface area contributed by atoms with Crippen molar-refractivity contribution < 1.29 is 14.8 Å². The zero-order valence-corrected chi connectivity index (χ0v) is 12.8. The van der Waals surface area contributed by atoms with E-state index in [4.69, 9.17) is 4.74 Å². The number of rotatable bonds is 6. The van der Waals surface area contributed by atoms with Gasteiger partial charge in [-0.1, -0.05) is 18.2 Å². The van der Waals surface area contributed by atoms with E-state index >= 15 is 0 Å². The maximum absolute atomic E-state index is 11.0. The van der Waals surface area contributed by atoms with E-state index in [1.54, 1.807) is 13.8 Å². The lowest BCUT2D eigenvalue weighted by Gasteiger charge is -2.14. The van der Waals surface area contributed by atoms with E-state index in [1.807, 2.05) is 31.2 Å². The fraction of sp³-hybridized carbons (Fsp3) is 0.400. The molecule has 22 heavy (non-hydrogen) atoms. The van der Waals surface area contributed by atoms with E-state index in [9.17, 15) is 15.2 Å². The smallest absolute Gasteiger partial charge is 0.312 e. The quantitative estimate of drug-likeness (QED) is 0.652. The summed E-state index contributed by atoms with van der Waals surface area (Å²) in [7, 11) is 0. The molecule has 1 heterocycles. The van der Waals surface area contributed by atoms with Crippen LogP contribution in [-0.2, 0) is 6.54 Å². The summed E-state index contributed by atoms with van der Waals surface area (Å²) in [6, 6.07) is 7.52. The van der Waals surface area contributed by atoms with Gasteiger partial charge < -0.3 is 9.84 Å². The Hall–Kier alpha value is -2.41. The Balaban J connectivity index is 2.01. The minimum atomic E-state index is -0.808. The maximum Gasteiger partial charge on any atom is 0.312 e. The topological polar surface area (TPSA) is 90.4 Å². The molecular weight excluding hydrogens is 286 g/mol. The zero-order valence-electron chi connectivity index (χ0n) is 12.8. The van der Waals surface area contributed by atoms with Gasteiger partial charge in [0, 0.05) is 0 Å². The number of aromatic nitrogens is 2. The predicted octanol–water partition coefficient (Wildman–Crippen LogP) is 2.16. The average molecular weight is 305 g/mol. The van der Waals surface area contributed by atoms with E-state index in [2.05, 4.69) is 5.10 Å². The molecule has 118 valence electrons. The molecule has 0 saturated heterocycles. The van der Waals surface area contributed by atoms with E-state index in [1.165, 1.54) is 4.68 Å². The number of nitro groups is 1.